The molecule has 1 aliphatic heterocycles. The summed E-state index contributed by atoms with van der Waals surface area (Å²) in [5.41, 5.74) is 5.42. The quantitative estimate of drug-likeness (QED) is 0.419. The van der Waals surface area contributed by atoms with E-state index in [1.165, 1.54) is 0 Å². The minimum atomic E-state index is -0.332. The van der Waals surface area contributed by atoms with Crippen LogP contribution in [0.4, 0.5) is 11.5 Å². The first kappa shape index (κ1) is 20.8. The van der Waals surface area contributed by atoms with Crippen molar-refractivity contribution in [1.82, 2.24) is 10.2 Å². The second kappa shape index (κ2) is 8.47. The van der Waals surface area contributed by atoms with Gasteiger partial charge in [-0.25, -0.2) is 4.79 Å². The molecule has 1 unspecified atom stereocenters. The zero-order chi connectivity index (χ0) is 22.9. The predicted octanol–water partition coefficient (Wildman–Crippen LogP) is 5.20. The van der Waals surface area contributed by atoms with Crippen LogP contribution in [0.3, 0.4) is 0 Å². The molecule has 1 aromatic heterocycles. The molecule has 0 saturated heterocycles. The molecule has 6 heteroatoms. The second-order valence-electron chi connectivity index (χ2n) is 8.47. The van der Waals surface area contributed by atoms with Crippen molar-refractivity contribution in [2.24, 2.45) is 0 Å². The number of anilines is 2. The fourth-order valence-electron chi connectivity index (χ4n) is 4.58. The first-order valence-corrected chi connectivity index (χ1v) is 11.0. The molecule has 0 radical (unpaired) electrons. The number of hydrogen-bond acceptors (Lipinski definition) is 5. The molecule has 166 valence electrons. The van der Waals surface area contributed by atoms with Gasteiger partial charge in [-0.1, -0.05) is 60.7 Å². The third-order valence-corrected chi connectivity index (χ3v) is 6.15. The van der Waals surface area contributed by atoms with Crippen molar-refractivity contribution in [1.29, 1.82) is 0 Å². The topological polar surface area (TPSA) is 70.2 Å². The van der Waals surface area contributed by atoms with E-state index in [0.29, 0.717) is 5.57 Å². The largest absolute Gasteiger partial charge is 0.457 e. The summed E-state index contributed by atoms with van der Waals surface area (Å²) in [6, 6.07) is 22.3. The first-order valence-electron chi connectivity index (χ1n) is 11.0. The minimum absolute atomic E-state index is 0.224. The van der Waals surface area contributed by atoms with Gasteiger partial charge in [-0.05, 0) is 29.5 Å². The van der Waals surface area contributed by atoms with Crippen molar-refractivity contribution in [3.63, 3.8) is 0 Å². The number of aromatic amines is 1. The predicted molar refractivity (Wildman–Crippen MR) is 131 cm³/mol. The van der Waals surface area contributed by atoms with Gasteiger partial charge in [0.15, 0.2) is 0 Å². The van der Waals surface area contributed by atoms with E-state index < -0.39 is 0 Å². The summed E-state index contributed by atoms with van der Waals surface area (Å²) in [5.74, 6) is 0.170. The summed E-state index contributed by atoms with van der Waals surface area (Å²) < 4.78 is 5.78. The Kier molecular flexibility index (Phi) is 5.34. The van der Waals surface area contributed by atoms with Crippen LogP contribution in [0.2, 0.25) is 0 Å². The van der Waals surface area contributed by atoms with Crippen LogP contribution in [-0.4, -0.2) is 30.3 Å². The van der Waals surface area contributed by atoms with Crippen LogP contribution < -0.4 is 10.2 Å². The van der Waals surface area contributed by atoms with Gasteiger partial charge in [-0.3, -0.25) is 5.10 Å². The number of nitrogens with zero attached hydrogens (tertiary/aromatic N) is 2. The Morgan fingerprint density at radius 1 is 0.970 bits per heavy atom. The summed E-state index contributed by atoms with van der Waals surface area (Å²) in [6.07, 6.45) is 1.79. The third kappa shape index (κ3) is 3.74. The molecular formula is C27H26N4O2. The van der Waals surface area contributed by atoms with Gasteiger partial charge < -0.3 is 15.0 Å². The molecule has 0 amide bonds. The van der Waals surface area contributed by atoms with E-state index in [2.05, 4.69) is 44.7 Å². The average molecular weight is 439 g/mol. The number of esters is 1. The zero-order valence-corrected chi connectivity index (χ0v) is 18.9. The van der Waals surface area contributed by atoms with Crippen molar-refractivity contribution in [3.05, 3.63) is 101 Å². The third-order valence-electron chi connectivity index (χ3n) is 6.15. The van der Waals surface area contributed by atoms with Crippen LogP contribution in [0.5, 0.6) is 0 Å². The number of hydrogen-bond donors (Lipinski definition) is 2. The minimum Gasteiger partial charge on any atom is -0.457 e. The van der Waals surface area contributed by atoms with Gasteiger partial charge in [0.05, 0.1) is 11.8 Å². The number of carbonyl (C=O) groups excluding carboxylic acids is 1. The maximum Gasteiger partial charge on any atom is 0.337 e. The summed E-state index contributed by atoms with van der Waals surface area (Å²) >= 11 is 0. The molecular weight excluding hydrogens is 412 g/mol. The first-order chi connectivity index (χ1) is 16.0. The number of H-pyrrole nitrogens is 1. The molecule has 2 heterocycles. The summed E-state index contributed by atoms with van der Waals surface area (Å²) in [7, 11) is 4.08. The SMILES string of the molecule is CC1=C(C(=O)OCc2ccccc2)C(c2ccc(N(C)C)c3ccccc23)c2cn[nH]c2N1. The van der Waals surface area contributed by atoms with Crippen LogP contribution in [0.25, 0.3) is 10.8 Å². The number of aromatic nitrogens is 2. The molecule has 0 fully saturated rings. The molecule has 1 aliphatic rings. The van der Waals surface area contributed by atoms with Crippen LogP contribution >= 0.6 is 0 Å². The van der Waals surface area contributed by atoms with E-state index in [0.717, 1.165) is 44.7 Å². The smallest absolute Gasteiger partial charge is 0.337 e. The van der Waals surface area contributed by atoms with E-state index >= 15 is 0 Å². The molecule has 0 bridgehead atoms. The Labute approximate surface area is 192 Å². The Morgan fingerprint density at radius 3 is 2.45 bits per heavy atom. The van der Waals surface area contributed by atoms with Gasteiger partial charge in [0.25, 0.3) is 0 Å². The number of carbonyl (C=O) groups is 1. The van der Waals surface area contributed by atoms with Crippen molar-refractivity contribution >= 4 is 28.2 Å². The summed E-state index contributed by atoms with van der Waals surface area (Å²) in [5, 5.41) is 12.8. The highest BCUT2D eigenvalue weighted by atomic mass is 16.5. The molecule has 4 aromatic rings. The highest BCUT2D eigenvalue weighted by Crippen LogP contribution is 2.44. The Balaban J connectivity index is 1.61. The van der Waals surface area contributed by atoms with Crippen molar-refractivity contribution in [3.8, 4) is 0 Å². The van der Waals surface area contributed by atoms with Crippen LogP contribution in [0, 0.1) is 0 Å². The Hall–Kier alpha value is -4.06. The average Bonchev–Trinajstić information content (AvgIpc) is 3.29. The fourth-order valence-corrected chi connectivity index (χ4v) is 4.58. The number of nitrogens with one attached hydrogen (secondary N) is 2. The molecule has 1 atom stereocenters. The Morgan fingerprint density at radius 2 is 1.70 bits per heavy atom. The maximum absolute atomic E-state index is 13.4. The fraction of sp³-hybridized carbons (Fsp3) is 0.185. The van der Waals surface area contributed by atoms with E-state index in [1.54, 1.807) is 6.20 Å². The lowest BCUT2D eigenvalue weighted by molar-refractivity contribution is -0.140. The van der Waals surface area contributed by atoms with Crippen molar-refractivity contribution < 1.29 is 9.53 Å². The highest BCUT2D eigenvalue weighted by Gasteiger charge is 2.35. The lowest BCUT2D eigenvalue weighted by atomic mass is 9.80. The van der Waals surface area contributed by atoms with Crippen molar-refractivity contribution in [2.45, 2.75) is 19.4 Å². The lowest BCUT2D eigenvalue weighted by Crippen LogP contribution is -2.24. The molecule has 0 saturated carbocycles. The number of rotatable bonds is 5. The Bertz CT molecular complexity index is 1360. The lowest BCUT2D eigenvalue weighted by Gasteiger charge is -2.29. The molecule has 33 heavy (non-hydrogen) atoms. The maximum atomic E-state index is 13.4. The van der Waals surface area contributed by atoms with Gasteiger partial charge >= 0.3 is 5.97 Å². The molecule has 0 spiro atoms. The van der Waals surface area contributed by atoms with Gasteiger partial charge in [-0.15, -0.1) is 0 Å². The molecule has 3 aromatic carbocycles. The monoisotopic (exact) mass is 438 g/mol. The van der Waals surface area contributed by atoms with E-state index in [-0.39, 0.29) is 18.5 Å². The second-order valence-corrected chi connectivity index (χ2v) is 8.47. The van der Waals surface area contributed by atoms with Gasteiger partial charge in [-0.2, -0.15) is 5.10 Å². The van der Waals surface area contributed by atoms with E-state index in [9.17, 15) is 4.79 Å². The number of fused-ring (bicyclic) bond motifs is 2. The molecule has 2 N–H and O–H groups in total. The number of benzene rings is 3. The number of ether oxygens (including phenoxy) is 1. The normalized spacial score (nSPS) is 15.2. The van der Waals surface area contributed by atoms with Crippen LogP contribution in [0.1, 0.15) is 29.5 Å². The van der Waals surface area contributed by atoms with Crippen molar-refractivity contribution in [2.75, 3.05) is 24.3 Å². The van der Waals surface area contributed by atoms with E-state index in [1.807, 2.05) is 63.5 Å². The van der Waals surface area contributed by atoms with E-state index in [4.69, 9.17) is 4.74 Å². The van der Waals surface area contributed by atoms with Crippen LogP contribution in [-0.2, 0) is 16.1 Å². The summed E-state index contributed by atoms with van der Waals surface area (Å²) in [6.45, 7) is 2.13. The molecule has 0 aliphatic carbocycles. The van der Waals surface area contributed by atoms with Crippen LogP contribution in [0.15, 0.2) is 84.2 Å². The molecule has 5 rings (SSSR count). The van der Waals surface area contributed by atoms with Gasteiger partial charge in [0, 0.05) is 42.3 Å². The summed E-state index contributed by atoms with van der Waals surface area (Å²) in [4.78, 5) is 15.6. The zero-order valence-electron chi connectivity index (χ0n) is 18.9. The highest BCUT2D eigenvalue weighted by molar-refractivity contribution is 6.00. The van der Waals surface area contributed by atoms with Gasteiger partial charge in [0.1, 0.15) is 12.4 Å². The standard InChI is InChI=1S/C27H26N4O2/c1-17-24(27(32)33-16-18-9-5-4-6-10-18)25(22-15-28-30-26(22)29-17)21-13-14-23(31(2)3)20-12-8-7-11-19(20)21/h4-15,25H,16H2,1-3H3,(H2,28,29,30). The number of allylic oxidation sites excluding steroid dienone is 1. The van der Waals surface area contributed by atoms with Gasteiger partial charge in [0.2, 0.25) is 0 Å². The molecule has 6 nitrogen and oxygen atoms in total.